The largest absolute Gasteiger partial charge is 0.508 e. The number of nitrogens with two attached hydrogens (primary N) is 1. The minimum absolute atomic E-state index is 0.0240. The number of unbranched alkanes of at least 4 members (excludes halogenated alkanes) is 1. The smallest absolute Gasteiger partial charge is 0.317 e. The van der Waals surface area contributed by atoms with Gasteiger partial charge in [-0.05, 0) is 50.1 Å². The molecule has 0 atom stereocenters. The van der Waals surface area contributed by atoms with Crippen molar-refractivity contribution in [1.82, 2.24) is 25.3 Å². The van der Waals surface area contributed by atoms with Crippen molar-refractivity contribution in [2.75, 3.05) is 85.1 Å². The van der Waals surface area contributed by atoms with Gasteiger partial charge in [-0.15, -0.1) is 0 Å². The Morgan fingerprint density at radius 3 is 1.98 bits per heavy atom. The molecule has 0 aliphatic heterocycles. The molecule has 14 nitrogen and oxygen atoms in total. The van der Waals surface area contributed by atoms with Gasteiger partial charge in [-0.3, -0.25) is 38.7 Å². The fourth-order valence-corrected chi connectivity index (χ4v) is 4.28. The van der Waals surface area contributed by atoms with Crippen LogP contribution in [0.4, 0.5) is 0 Å². The molecule has 0 saturated carbocycles. The van der Waals surface area contributed by atoms with Gasteiger partial charge in [-0.1, -0.05) is 12.1 Å². The number of carbonyl (C=O) groups is 5. The number of phenolic OH excluding ortho intramolecular Hbond substituents is 1. The molecule has 0 aliphatic carbocycles. The molecule has 7 N–H and O–H groups in total. The lowest BCUT2D eigenvalue weighted by Gasteiger charge is -2.28. The molecule has 0 spiro atoms. The summed E-state index contributed by atoms with van der Waals surface area (Å²) in [4.78, 5) is 64.4. The summed E-state index contributed by atoms with van der Waals surface area (Å²) in [6.45, 7) is 4.43. The van der Waals surface area contributed by atoms with Crippen molar-refractivity contribution in [3.8, 4) is 5.75 Å². The van der Waals surface area contributed by atoms with Crippen molar-refractivity contribution in [3.63, 3.8) is 0 Å². The van der Waals surface area contributed by atoms with Gasteiger partial charge in [0.15, 0.2) is 5.78 Å². The third-order valence-corrected chi connectivity index (χ3v) is 6.49. The Balaban J connectivity index is 2.40. The number of aromatic hydroxyl groups is 1. The summed E-state index contributed by atoms with van der Waals surface area (Å²) in [7, 11) is 0. The van der Waals surface area contributed by atoms with Crippen LogP contribution in [0.1, 0.15) is 31.7 Å². The molecule has 1 aromatic carbocycles. The molecule has 2 amide bonds. The van der Waals surface area contributed by atoms with E-state index in [2.05, 4.69) is 10.6 Å². The maximum atomic E-state index is 12.2. The van der Waals surface area contributed by atoms with Crippen molar-refractivity contribution in [1.29, 1.82) is 0 Å². The Morgan fingerprint density at radius 1 is 0.818 bits per heavy atom. The van der Waals surface area contributed by atoms with Crippen LogP contribution in [0.5, 0.6) is 5.75 Å². The van der Waals surface area contributed by atoms with Crippen LogP contribution in [0.3, 0.4) is 0 Å². The Hall–Kier alpha value is -3.69. The first-order valence-electron chi connectivity index (χ1n) is 14.7. The molecule has 14 heteroatoms. The van der Waals surface area contributed by atoms with Gasteiger partial charge in [-0.25, -0.2) is 0 Å². The maximum Gasteiger partial charge on any atom is 0.317 e. The molecule has 0 aromatic heterocycles. The summed E-state index contributed by atoms with van der Waals surface area (Å²) < 4.78 is 0. The van der Waals surface area contributed by atoms with E-state index in [1.807, 2.05) is 4.90 Å². The molecular weight excluding hydrogens is 572 g/mol. The number of benzene rings is 1. The van der Waals surface area contributed by atoms with Crippen LogP contribution < -0.4 is 16.4 Å². The van der Waals surface area contributed by atoms with Gasteiger partial charge in [0.1, 0.15) is 18.1 Å². The lowest BCUT2D eigenvalue weighted by atomic mass is 10.2. The van der Waals surface area contributed by atoms with E-state index in [4.69, 9.17) is 10.8 Å². The highest BCUT2D eigenvalue weighted by molar-refractivity contribution is 5.91. The predicted octanol–water partition coefficient (Wildman–Crippen LogP) is -1.09. The molecule has 1 rings (SSSR count). The van der Waals surface area contributed by atoms with E-state index in [0.29, 0.717) is 58.7 Å². The van der Waals surface area contributed by atoms with Crippen molar-refractivity contribution >= 4 is 35.4 Å². The zero-order chi connectivity index (χ0) is 32.7. The van der Waals surface area contributed by atoms with Crippen LogP contribution in [0, 0.1) is 0 Å². The third-order valence-electron chi connectivity index (χ3n) is 6.49. The Morgan fingerprint density at radius 2 is 1.41 bits per heavy atom. The van der Waals surface area contributed by atoms with Crippen molar-refractivity contribution in [3.05, 3.63) is 35.9 Å². The summed E-state index contributed by atoms with van der Waals surface area (Å²) in [5.41, 5.74) is 6.38. The first-order chi connectivity index (χ1) is 21.0. The van der Waals surface area contributed by atoms with Crippen LogP contribution >= 0.6 is 0 Å². The molecule has 1 aromatic rings. The Kier molecular flexibility index (Phi) is 19.9. The second-order valence-electron chi connectivity index (χ2n) is 10.4. The van der Waals surface area contributed by atoms with Crippen LogP contribution in [-0.2, 0) is 24.0 Å². The third kappa shape index (κ3) is 19.5. The average Bonchev–Trinajstić information content (AvgIpc) is 2.97. The number of rotatable bonds is 25. The van der Waals surface area contributed by atoms with Gasteiger partial charge >= 0.3 is 5.97 Å². The van der Waals surface area contributed by atoms with Crippen LogP contribution in [0.25, 0.3) is 6.08 Å². The van der Waals surface area contributed by atoms with Gasteiger partial charge in [0.25, 0.3) is 0 Å². The topological polar surface area (TPSA) is 206 Å². The number of aliphatic hydroxyl groups excluding tert-OH is 1. The van der Waals surface area contributed by atoms with E-state index in [-0.39, 0.29) is 68.3 Å². The number of Topliss-reactive ketones (excluding diaryl/α,β-unsaturated/α-hetero) is 2. The van der Waals surface area contributed by atoms with E-state index in [0.717, 1.165) is 5.56 Å². The summed E-state index contributed by atoms with van der Waals surface area (Å²) >= 11 is 0. The number of carbonyl (C=O) groups excluding carboxylic acids is 4. The van der Waals surface area contributed by atoms with E-state index < -0.39 is 12.6 Å². The molecule has 44 heavy (non-hydrogen) atoms. The molecular formula is C30H48N6O8. The highest BCUT2D eigenvalue weighted by Gasteiger charge is 2.16. The minimum atomic E-state index is -0.990. The second-order valence-corrected chi connectivity index (χ2v) is 10.4. The fraction of sp³-hybridized carbons (Fsp3) is 0.567. The van der Waals surface area contributed by atoms with Crippen molar-refractivity contribution < 1.29 is 39.3 Å². The first kappa shape index (κ1) is 38.3. The standard InChI is InChI=1S/C30H48N6O8/c1-24(38)20-34(16-18-36(22-30(43)44)19-17-35(15-11-31)21-27(40)23-37)14-3-2-4-28(41)32-12-13-33-29(42)10-7-25-5-8-26(39)9-6-25/h5-10,37,39H,2-4,11-23,31H2,1H3,(H,32,41)(H,33,42)(H,43,44)/b10-7+. The lowest BCUT2D eigenvalue weighted by Crippen LogP contribution is -2.44. The van der Waals surface area contributed by atoms with Gasteiger partial charge in [0.05, 0.1) is 19.6 Å². The summed E-state index contributed by atoms with van der Waals surface area (Å²) in [5, 5.41) is 33.1. The first-order valence-corrected chi connectivity index (χ1v) is 14.7. The Labute approximate surface area is 258 Å². The maximum absolute atomic E-state index is 12.2. The second kappa shape index (κ2) is 22.8. The number of carboxylic acid groups (broad SMARTS) is 1. The Bertz CT molecular complexity index is 1070. The number of hydrogen-bond acceptors (Lipinski definition) is 11. The number of aliphatic hydroxyl groups is 1. The van der Waals surface area contributed by atoms with Crippen molar-refractivity contribution in [2.24, 2.45) is 5.73 Å². The van der Waals surface area contributed by atoms with E-state index >= 15 is 0 Å². The van der Waals surface area contributed by atoms with Gasteiger partial charge in [0.2, 0.25) is 11.8 Å². The normalized spacial score (nSPS) is 11.4. The van der Waals surface area contributed by atoms with E-state index in [1.54, 1.807) is 28.0 Å². The number of aliphatic carboxylic acids is 1. The number of nitrogens with one attached hydrogen (secondary N) is 2. The quantitative estimate of drug-likeness (QED) is 0.0570. The van der Waals surface area contributed by atoms with E-state index in [1.165, 1.54) is 25.1 Å². The number of amides is 2. The number of nitrogens with zero attached hydrogens (tertiary/aromatic N) is 3. The zero-order valence-corrected chi connectivity index (χ0v) is 25.6. The van der Waals surface area contributed by atoms with Crippen LogP contribution in [-0.4, -0.2) is 145 Å². The highest BCUT2D eigenvalue weighted by Crippen LogP contribution is 2.10. The lowest BCUT2D eigenvalue weighted by molar-refractivity contribution is -0.138. The number of ketones is 2. The molecule has 0 aliphatic rings. The van der Waals surface area contributed by atoms with E-state index in [9.17, 15) is 34.2 Å². The predicted molar refractivity (Wildman–Crippen MR) is 166 cm³/mol. The molecule has 0 heterocycles. The average molecular weight is 621 g/mol. The van der Waals surface area contributed by atoms with Gasteiger partial charge < -0.3 is 31.7 Å². The highest BCUT2D eigenvalue weighted by atomic mass is 16.4. The number of carboxylic acids is 1. The summed E-state index contributed by atoms with van der Waals surface area (Å²) in [5.74, 6) is -1.66. The SMILES string of the molecule is CC(=O)CN(CCCCC(=O)NCCNC(=O)/C=C/c1ccc(O)cc1)CCN(CCN(CCN)CC(=O)CO)CC(=O)O. The molecule has 0 radical (unpaired) electrons. The molecule has 0 unspecified atom stereocenters. The summed E-state index contributed by atoms with van der Waals surface area (Å²) in [6.07, 6.45) is 4.53. The van der Waals surface area contributed by atoms with Crippen LogP contribution in [0.2, 0.25) is 0 Å². The number of hydrogen-bond donors (Lipinski definition) is 6. The zero-order valence-electron chi connectivity index (χ0n) is 25.6. The van der Waals surface area contributed by atoms with Gasteiger partial charge in [0, 0.05) is 64.9 Å². The monoisotopic (exact) mass is 620 g/mol. The molecule has 0 fully saturated rings. The molecule has 0 saturated heterocycles. The van der Waals surface area contributed by atoms with Gasteiger partial charge in [-0.2, -0.15) is 0 Å². The summed E-state index contributed by atoms with van der Waals surface area (Å²) in [6, 6.07) is 6.41. The fourth-order valence-electron chi connectivity index (χ4n) is 4.28. The van der Waals surface area contributed by atoms with Crippen molar-refractivity contribution in [2.45, 2.75) is 26.2 Å². The number of phenols is 1. The molecule has 246 valence electrons. The molecule has 0 bridgehead atoms. The van der Waals surface area contributed by atoms with Crippen LogP contribution in [0.15, 0.2) is 30.3 Å². The minimum Gasteiger partial charge on any atom is -0.508 e.